The van der Waals surface area contributed by atoms with E-state index in [0.717, 1.165) is 25.0 Å². The summed E-state index contributed by atoms with van der Waals surface area (Å²) in [6, 6.07) is 7.04. The molecule has 132 valence electrons. The quantitative estimate of drug-likeness (QED) is 0.852. The lowest BCUT2D eigenvalue weighted by atomic mass is 10.2. The fourth-order valence-electron chi connectivity index (χ4n) is 2.73. The van der Waals surface area contributed by atoms with Crippen LogP contribution in [0.15, 0.2) is 24.3 Å². The van der Waals surface area contributed by atoms with Gasteiger partial charge in [0.2, 0.25) is 0 Å². The van der Waals surface area contributed by atoms with Crippen molar-refractivity contribution in [2.45, 2.75) is 32.8 Å². The van der Waals surface area contributed by atoms with Crippen molar-refractivity contribution in [3.63, 3.8) is 0 Å². The number of anilines is 2. The van der Waals surface area contributed by atoms with Gasteiger partial charge in [-0.3, -0.25) is 4.79 Å². The van der Waals surface area contributed by atoms with E-state index in [4.69, 9.17) is 16.3 Å². The molecule has 6 nitrogen and oxygen atoms in total. The Bertz CT molecular complexity index is 776. The Hall–Kier alpha value is -2.18. The van der Waals surface area contributed by atoms with Gasteiger partial charge in [-0.15, -0.1) is 0 Å². The molecular formula is C18H21ClN4O2. The van der Waals surface area contributed by atoms with Gasteiger partial charge in [-0.25, -0.2) is 9.97 Å². The van der Waals surface area contributed by atoms with Crippen LogP contribution < -0.4 is 10.6 Å². The van der Waals surface area contributed by atoms with Gasteiger partial charge >= 0.3 is 0 Å². The standard InChI is InChI=1S/C18H21ClN4O2/c1-11-14(19)6-3-7-15(11)23-18(24)16-9-17(22-12(2)21-16)20-10-13-5-4-8-25-13/h3,6-7,9,13H,4-5,8,10H2,1-2H3,(H,23,24)(H,20,21,22). The second-order valence-electron chi connectivity index (χ2n) is 6.07. The van der Waals surface area contributed by atoms with Gasteiger partial charge in [0.05, 0.1) is 6.10 Å². The molecule has 0 radical (unpaired) electrons. The highest BCUT2D eigenvalue weighted by Crippen LogP contribution is 2.23. The zero-order chi connectivity index (χ0) is 17.8. The van der Waals surface area contributed by atoms with Crippen LogP contribution in [0.2, 0.25) is 5.02 Å². The summed E-state index contributed by atoms with van der Waals surface area (Å²) in [4.78, 5) is 21.1. The van der Waals surface area contributed by atoms with E-state index in [-0.39, 0.29) is 12.0 Å². The third-order valence-corrected chi connectivity index (χ3v) is 4.53. The van der Waals surface area contributed by atoms with Crippen LogP contribution in [0.4, 0.5) is 11.5 Å². The molecule has 0 spiro atoms. The molecule has 2 N–H and O–H groups in total. The Morgan fingerprint density at radius 3 is 2.96 bits per heavy atom. The summed E-state index contributed by atoms with van der Waals surface area (Å²) < 4.78 is 5.59. The molecule has 1 aromatic heterocycles. The number of aryl methyl sites for hydroxylation is 1. The molecular weight excluding hydrogens is 340 g/mol. The number of carbonyl (C=O) groups is 1. The van der Waals surface area contributed by atoms with Crippen molar-refractivity contribution in [1.29, 1.82) is 0 Å². The predicted molar refractivity (Wildman–Crippen MR) is 98.4 cm³/mol. The van der Waals surface area contributed by atoms with Crippen LogP contribution in [0.3, 0.4) is 0 Å². The smallest absolute Gasteiger partial charge is 0.274 e. The number of aromatic nitrogens is 2. The number of nitrogens with zero attached hydrogens (tertiary/aromatic N) is 2. The lowest BCUT2D eigenvalue weighted by Crippen LogP contribution is -2.20. The summed E-state index contributed by atoms with van der Waals surface area (Å²) in [6.07, 6.45) is 2.32. The molecule has 7 heteroatoms. The molecule has 1 unspecified atom stereocenters. The number of ether oxygens (including phenoxy) is 1. The van der Waals surface area contributed by atoms with Crippen LogP contribution in [-0.4, -0.2) is 35.1 Å². The molecule has 0 aliphatic carbocycles. The van der Waals surface area contributed by atoms with Gasteiger partial charge < -0.3 is 15.4 Å². The Morgan fingerprint density at radius 2 is 2.20 bits per heavy atom. The monoisotopic (exact) mass is 360 g/mol. The lowest BCUT2D eigenvalue weighted by molar-refractivity contribution is 0.102. The van der Waals surface area contributed by atoms with Crippen molar-refractivity contribution < 1.29 is 9.53 Å². The zero-order valence-corrected chi connectivity index (χ0v) is 15.1. The Morgan fingerprint density at radius 1 is 1.36 bits per heavy atom. The van der Waals surface area contributed by atoms with E-state index in [1.54, 1.807) is 25.1 Å². The summed E-state index contributed by atoms with van der Waals surface area (Å²) in [5.74, 6) is 0.859. The molecule has 1 fully saturated rings. The fourth-order valence-corrected chi connectivity index (χ4v) is 2.90. The Balaban J connectivity index is 1.72. The second kappa shape index (κ2) is 7.80. The van der Waals surface area contributed by atoms with E-state index in [9.17, 15) is 4.79 Å². The van der Waals surface area contributed by atoms with Crippen molar-refractivity contribution in [1.82, 2.24) is 9.97 Å². The first-order valence-electron chi connectivity index (χ1n) is 8.30. The first kappa shape index (κ1) is 17.6. The number of benzene rings is 1. The molecule has 25 heavy (non-hydrogen) atoms. The number of halogens is 1. The lowest BCUT2D eigenvalue weighted by Gasteiger charge is -2.13. The van der Waals surface area contributed by atoms with Crippen molar-refractivity contribution in [2.75, 3.05) is 23.8 Å². The molecule has 1 atom stereocenters. The van der Waals surface area contributed by atoms with Gasteiger partial charge in [-0.2, -0.15) is 0 Å². The number of rotatable bonds is 5. The van der Waals surface area contributed by atoms with Crippen molar-refractivity contribution in [3.05, 3.63) is 46.4 Å². The van der Waals surface area contributed by atoms with E-state index in [0.29, 0.717) is 34.6 Å². The first-order valence-corrected chi connectivity index (χ1v) is 8.68. The van der Waals surface area contributed by atoms with Crippen LogP contribution in [0, 0.1) is 13.8 Å². The second-order valence-corrected chi connectivity index (χ2v) is 6.48. The minimum Gasteiger partial charge on any atom is -0.376 e. The third-order valence-electron chi connectivity index (χ3n) is 4.12. The van der Waals surface area contributed by atoms with Crippen LogP contribution in [0.1, 0.15) is 34.7 Å². The molecule has 2 heterocycles. The molecule has 1 aromatic carbocycles. The van der Waals surface area contributed by atoms with E-state index >= 15 is 0 Å². The van der Waals surface area contributed by atoms with E-state index in [1.165, 1.54) is 0 Å². The highest BCUT2D eigenvalue weighted by atomic mass is 35.5. The van der Waals surface area contributed by atoms with Gasteiger partial charge in [-0.05, 0) is 44.4 Å². The molecule has 1 aliphatic rings. The van der Waals surface area contributed by atoms with E-state index < -0.39 is 0 Å². The summed E-state index contributed by atoms with van der Waals surface area (Å²) >= 11 is 6.10. The number of carbonyl (C=O) groups excluding carboxylic acids is 1. The molecule has 1 aliphatic heterocycles. The maximum atomic E-state index is 12.5. The van der Waals surface area contributed by atoms with Crippen LogP contribution >= 0.6 is 11.6 Å². The van der Waals surface area contributed by atoms with Crippen molar-refractivity contribution >= 4 is 29.0 Å². The van der Waals surface area contributed by atoms with Crippen LogP contribution in [0.25, 0.3) is 0 Å². The fraction of sp³-hybridized carbons (Fsp3) is 0.389. The minimum atomic E-state index is -0.295. The van der Waals surface area contributed by atoms with Gasteiger partial charge in [0.25, 0.3) is 5.91 Å². The first-order chi connectivity index (χ1) is 12.0. The number of amides is 1. The SMILES string of the molecule is Cc1nc(NCC2CCCO2)cc(C(=O)Nc2cccc(Cl)c2C)n1. The summed E-state index contributed by atoms with van der Waals surface area (Å²) in [5, 5.41) is 6.69. The molecule has 2 aromatic rings. The maximum Gasteiger partial charge on any atom is 0.274 e. The summed E-state index contributed by atoms with van der Waals surface area (Å²) in [6.45, 7) is 5.10. The van der Waals surface area contributed by atoms with Gasteiger partial charge in [0, 0.05) is 29.9 Å². The van der Waals surface area contributed by atoms with Gasteiger partial charge in [-0.1, -0.05) is 17.7 Å². The number of hydrogen-bond donors (Lipinski definition) is 2. The summed E-state index contributed by atoms with van der Waals surface area (Å²) in [5.41, 5.74) is 1.80. The highest BCUT2D eigenvalue weighted by Gasteiger charge is 2.16. The maximum absolute atomic E-state index is 12.5. The normalized spacial score (nSPS) is 16.7. The van der Waals surface area contributed by atoms with E-state index in [2.05, 4.69) is 20.6 Å². The minimum absolute atomic E-state index is 0.196. The molecule has 1 amide bonds. The van der Waals surface area contributed by atoms with Crippen LogP contribution in [-0.2, 0) is 4.74 Å². The molecule has 0 bridgehead atoms. The van der Waals surface area contributed by atoms with Gasteiger partial charge in [0.15, 0.2) is 0 Å². The molecule has 1 saturated heterocycles. The highest BCUT2D eigenvalue weighted by molar-refractivity contribution is 6.31. The van der Waals surface area contributed by atoms with Crippen LogP contribution in [0.5, 0.6) is 0 Å². The largest absolute Gasteiger partial charge is 0.376 e. The van der Waals surface area contributed by atoms with Gasteiger partial charge in [0.1, 0.15) is 17.3 Å². The summed E-state index contributed by atoms with van der Waals surface area (Å²) in [7, 11) is 0. The average Bonchev–Trinajstić information content (AvgIpc) is 3.10. The zero-order valence-electron chi connectivity index (χ0n) is 14.3. The number of nitrogens with one attached hydrogen (secondary N) is 2. The van der Waals surface area contributed by atoms with Crippen molar-refractivity contribution in [2.24, 2.45) is 0 Å². The van der Waals surface area contributed by atoms with Crippen molar-refractivity contribution in [3.8, 4) is 0 Å². The molecule has 3 rings (SSSR count). The third kappa shape index (κ3) is 4.46. The van der Waals surface area contributed by atoms with E-state index in [1.807, 2.05) is 13.0 Å². The average molecular weight is 361 g/mol. The molecule has 0 saturated carbocycles. The predicted octanol–water partition coefficient (Wildman–Crippen LogP) is 3.59. The number of hydrogen-bond acceptors (Lipinski definition) is 5. The Kier molecular flexibility index (Phi) is 5.50. The topological polar surface area (TPSA) is 76.1 Å². The Labute approximate surface area is 152 Å².